The first-order valence-corrected chi connectivity index (χ1v) is 5.39. The molecular weight excluding hydrogens is 214 g/mol. The summed E-state index contributed by atoms with van der Waals surface area (Å²) >= 11 is 1.51. The third kappa shape index (κ3) is 2.45. The molecule has 0 aliphatic carbocycles. The smallest absolute Gasteiger partial charge is 0.304 e. The zero-order chi connectivity index (χ0) is 10.7. The third-order valence-corrected chi connectivity index (χ3v) is 3.56. The van der Waals surface area contributed by atoms with Crippen LogP contribution in [0.15, 0.2) is 23.6 Å². The lowest BCUT2D eigenvalue weighted by molar-refractivity contribution is -0.138. The Morgan fingerprint density at radius 1 is 1.67 bits per heavy atom. The van der Waals surface area contributed by atoms with Gasteiger partial charge in [-0.15, -0.1) is 0 Å². The van der Waals surface area contributed by atoms with Gasteiger partial charge < -0.3 is 10.4 Å². The summed E-state index contributed by atoms with van der Waals surface area (Å²) in [6.07, 6.45) is 3.30. The molecule has 2 rings (SSSR count). The van der Waals surface area contributed by atoms with Crippen LogP contribution in [0.25, 0.3) is 0 Å². The van der Waals surface area contributed by atoms with Crippen LogP contribution >= 0.6 is 11.8 Å². The van der Waals surface area contributed by atoms with E-state index in [1.807, 2.05) is 0 Å². The van der Waals surface area contributed by atoms with Gasteiger partial charge in [0, 0.05) is 19.3 Å². The van der Waals surface area contributed by atoms with Crippen molar-refractivity contribution in [3.8, 4) is 0 Å². The van der Waals surface area contributed by atoms with Crippen molar-refractivity contribution in [3.63, 3.8) is 0 Å². The number of hydrogen-bond donors (Lipinski definition) is 2. The molecule has 0 atom stereocenters. The summed E-state index contributed by atoms with van der Waals surface area (Å²) < 4.78 is -0.236. The Morgan fingerprint density at radius 2 is 2.47 bits per heavy atom. The fraction of sp³-hybridized carbons (Fsp3) is 0.444. The number of nitrogens with zero attached hydrogens (tertiary/aromatic N) is 2. The highest BCUT2D eigenvalue weighted by molar-refractivity contribution is 8.00. The molecule has 0 radical (unpaired) electrons. The Labute approximate surface area is 91.3 Å². The molecule has 80 valence electrons. The van der Waals surface area contributed by atoms with Crippen LogP contribution in [0, 0.1) is 0 Å². The Kier molecular flexibility index (Phi) is 2.88. The fourth-order valence-corrected chi connectivity index (χ4v) is 2.69. The largest absolute Gasteiger partial charge is 0.481 e. The lowest BCUT2D eigenvalue weighted by Crippen LogP contribution is -2.58. The van der Waals surface area contributed by atoms with Gasteiger partial charge in [-0.25, -0.2) is 9.97 Å². The van der Waals surface area contributed by atoms with Crippen molar-refractivity contribution >= 4 is 17.7 Å². The topological polar surface area (TPSA) is 75.1 Å². The van der Waals surface area contributed by atoms with E-state index < -0.39 is 5.97 Å². The number of carboxylic acids is 1. The van der Waals surface area contributed by atoms with Crippen LogP contribution in [0.5, 0.6) is 0 Å². The predicted molar refractivity (Wildman–Crippen MR) is 55.7 cm³/mol. The summed E-state index contributed by atoms with van der Waals surface area (Å²) in [6.45, 7) is 1.43. The standard InChI is InChI=1S/C9H11N3O2S/c13-8(14)3-9(4-11-5-9)15-7-1-2-10-6-12-7/h1-2,6,11H,3-5H2,(H,13,14). The van der Waals surface area contributed by atoms with E-state index in [0.717, 1.165) is 5.03 Å². The van der Waals surface area contributed by atoms with E-state index in [4.69, 9.17) is 5.11 Å². The van der Waals surface area contributed by atoms with Gasteiger partial charge in [0.1, 0.15) is 6.33 Å². The van der Waals surface area contributed by atoms with Crippen LogP contribution in [-0.2, 0) is 4.79 Å². The van der Waals surface area contributed by atoms with Crippen molar-refractivity contribution in [2.45, 2.75) is 16.2 Å². The van der Waals surface area contributed by atoms with Crippen LogP contribution in [0.1, 0.15) is 6.42 Å². The van der Waals surface area contributed by atoms with Gasteiger partial charge in [-0.2, -0.15) is 0 Å². The number of nitrogens with one attached hydrogen (secondary N) is 1. The molecular formula is C9H11N3O2S. The van der Waals surface area contributed by atoms with Crippen LogP contribution in [0.4, 0.5) is 0 Å². The van der Waals surface area contributed by atoms with Gasteiger partial charge >= 0.3 is 5.97 Å². The highest BCUT2D eigenvalue weighted by atomic mass is 32.2. The molecule has 2 heterocycles. The number of carboxylic acid groups (broad SMARTS) is 1. The van der Waals surface area contributed by atoms with Crippen LogP contribution in [0.3, 0.4) is 0 Å². The molecule has 1 fully saturated rings. The van der Waals surface area contributed by atoms with Crippen molar-refractivity contribution in [2.75, 3.05) is 13.1 Å². The number of hydrogen-bond acceptors (Lipinski definition) is 5. The normalized spacial score (nSPS) is 18.1. The number of rotatable bonds is 4. The number of aliphatic carboxylic acids is 1. The zero-order valence-electron chi connectivity index (χ0n) is 8.01. The van der Waals surface area contributed by atoms with Gasteiger partial charge in [0.2, 0.25) is 0 Å². The summed E-state index contributed by atoms with van der Waals surface area (Å²) in [4.78, 5) is 18.6. The quantitative estimate of drug-likeness (QED) is 0.722. The van der Waals surface area contributed by atoms with E-state index in [1.165, 1.54) is 18.1 Å². The SMILES string of the molecule is O=C(O)CC1(Sc2ccncn2)CNC1. The average Bonchev–Trinajstić information content (AvgIpc) is 2.15. The highest BCUT2D eigenvalue weighted by Crippen LogP contribution is 2.37. The highest BCUT2D eigenvalue weighted by Gasteiger charge is 2.40. The van der Waals surface area contributed by atoms with Gasteiger partial charge in [0.25, 0.3) is 0 Å². The summed E-state index contributed by atoms with van der Waals surface area (Å²) in [6, 6.07) is 1.80. The second kappa shape index (κ2) is 4.16. The molecule has 0 spiro atoms. The van der Waals surface area contributed by atoms with Crippen molar-refractivity contribution in [1.29, 1.82) is 0 Å². The van der Waals surface area contributed by atoms with Crippen LogP contribution < -0.4 is 5.32 Å². The Balaban J connectivity index is 2.05. The number of thioether (sulfide) groups is 1. The van der Waals surface area contributed by atoms with Gasteiger partial charge in [-0.3, -0.25) is 4.79 Å². The molecule has 1 aliphatic rings. The fourth-order valence-electron chi connectivity index (χ4n) is 1.47. The summed E-state index contributed by atoms with van der Waals surface area (Å²) in [5, 5.41) is 12.7. The predicted octanol–water partition coefficient (Wildman–Crippen LogP) is 0.385. The van der Waals surface area contributed by atoms with Crippen molar-refractivity contribution in [2.24, 2.45) is 0 Å². The van der Waals surface area contributed by atoms with Gasteiger partial charge in [-0.05, 0) is 6.07 Å². The number of aromatic nitrogens is 2. The second-order valence-corrected chi connectivity index (χ2v) is 5.00. The van der Waals surface area contributed by atoms with Crippen molar-refractivity contribution in [3.05, 3.63) is 18.6 Å². The van der Waals surface area contributed by atoms with Gasteiger partial charge in [0.15, 0.2) is 0 Å². The number of carbonyl (C=O) groups is 1. The molecule has 0 amide bonds. The first-order chi connectivity index (χ1) is 7.20. The zero-order valence-corrected chi connectivity index (χ0v) is 8.83. The minimum atomic E-state index is -0.766. The maximum atomic E-state index is 10.7. The maximum absolute atomic E-state index is 10.7. The lowest BCUT2D eigenvalue weighted by Gasteiger charge is -2.40. The maximum Gasteiger partial charge on any atom is 0.304 e. The Hall–Kier alpha value is -1.14. The van der Waals surface area contributed by atoms with Gasteiger partial charge in [-0.1, -0.05) is 11.8 Å². The third-order valence-electron chi connectivity index (χ3n) is 2.24. The molecule has 0 aromatic carbocycles. The second-order valence-electron chi connectivity index (χ2n) is 3.51. The van der Waals surface area contributed by atoms with E-state index >= 15 is 0 Å². The van der Waals surface area contributed by atoms with E-state index in [2.05, 4.69) is 15.3 Å². The molecule has 0 bridgehead atoms. The molecule has 1 aliphatic heterocycles. The molecule has 1 aromatic heterocycles. The van der Waals surface area contributed by atoms with Crippen LogP contribution in [0.2, 0.25) is 0 Å². The van der Waals surface area contributed by atoms with Crippen LogP contribution in [-0.4, -0.2) is 38.9 Å². The van der Waals surface area contributed by atoms with E-state index in [1.54, 1.807) is 12.3 Å². The first kappa shape index (κ1) is 10.4. The molecule has 1 aromatic rings. The molecule has 1 saturated heterocycles. The average molecular weight is 225 g/mol. The monoisotopic (exact) mass is 225 g/mol. The first-order valence-electron chi connectivity index (χ1n) is 4.58. The molecule has 15 heavy (non-hydrogen) atoms. The summed E-state index contributed by atoms with van der Waals surface area (Å²) in [5.74, 6) is -0.766. The molecule has 2 N–H and O–H groups in total. The van der Waals surface area contributed by atoms with Gasteiger partial charge in [0.05, 0.1) is 16.2 Å². The van der Waals surface area contributed by atoms with E-state index in [0.29, 0.717) is 13.1 Å². The molecule has 0 saturated carbocycles. The summed E-state index contributed by atoms with van der Waals surface area (Å²) in [5.41, 5.74) is 0. The Morgan fingerprint density at radius 3 is 2.93 bits per heavy atom. The Bertz CT molecular complexity index is 354. The van der Waals surface area contributed by atoms with Crippen molar-refractivity contribution < 1.29 is 9.90 Å². The molecule has 5 nitrogen and oxygen atoms in total. The minimum Gasteiger partial charge on any atom is -0.481 e. The molecule has 0 unspecified atom stereocenters. The summed E-state index contributed by atoms with van der Waals surface area (Å²) in [7, 11) is 0. The van der Waals surface area contributed by atoms with Crippen molar-refractivity contribution in [1.82, 2.24) is 15.3 Å². The lowest BCUT2D eigenvalue weighted by atomic mass is 9.98. The van der Waals surface area contributed by atoms with E-state index in [-0.39, 0.29) is 11.2 Å². The molecule has 6 heteroatoms. The van der Waals surface area contributed by atoms with E-state index in [9.17, 15) is 4.79 Å². The minimum absolute atomic E-state index is 0.161.